The second kappa shape index (κ2) is 4.59. The largest absolute Gasteiger partial charge is 0.274 e. The maximum absolute atomic E-state index is 12.8. The summed E-state index contributed by atoms with van der Waals surface area (Å²) < 4.78 is 0. The summed E-state index contributed by atoms with van der Waals surface area (Å²) in [5.74, 6) is -0.354. The Labute approximate surface area is 132 Å². The highest BCUT2D eigenvalue weighted by Gasteiger charge is 2.57. The molecule has 2 bridgehead atoms. The van der Waals surface area contributed by atoms with Crippen LogP contribution < -0.4 is 4.90 Å². The molecule has 2 amide bonds. The zero-order valence-electron chi connectivity index (χ0n) is 11.1. The molecular formula is C16H13Cl2NO2. The number of halogens is 2. The Morgan fingerprint density at radius 3 is 2.05 bits per heavy atom. The van der Waals surface area contributed by atoms with Gasteiger partial charge in [0.1, 0.15) is 0 Å². The molecule has 3 aliphatic carbocycles. The third kappa shape index (κ3) is 1.80. The van der Waals surface area contributed by atoms with Crippen molar-refractivity contribution >= 4 is 40.7 Å². The second-order valence-electron chi connectivity index (χ2n) is 5.95. The van der Waals surface area contributed by atoms with Crippen molar-refractivity contribution in [2.75, 3.05) is 4.90 Å². The lowest BCUT2D eigenvalue weighted by molar-refractivity contribution is -0.124. The highest BCUT2D eigenvalue weighted by Crippen LogP contribution is 2.51. The van der Waals surface area contributed by atoms with Crippen LogP contribution in [0.15, 0.2) is 30.4 Å². The summed E-state index contributed by atoms with van der Waals surface area (Å²) in [5.41, 5.74) is 0.410. The molecule has 4 atom stereocenters. The molecule has 108 valence electrons. The molecule has 0 unspecified atom stereocenters. The van der Waals surface area contributed by atoms with Gasteiger partial charge in [0.05, 0.1) is 22.5 Å². The summed E-state index contributed by atoms with van der Waals surface area (Å²) in [6.07, 6.45) is 6.17. The number of hydrogen-bond acceptors (Lipinski definition) is 2. The number of carbonyl (C=O) groups excluding carboxylic acids is 2. The van der Waals surface area contributed by atoms with E-state index in [-0.39, 0.29) is 35.5 Å². The first-order valence-electron chi connectivity index (χ1n) is 7.09. The molecule has 0 aromatic heterocycles. The minimum Gasteiger partial charge on any atom is -0.274 e. The zero-order valence-corrected chi connectivity index (χ0v) is 12.6. The first kappa shape index (κ1) is 13.4. The van der Waals surface area contributed by atoms with Crippen molar-refractivity contribution in [3.05, 3.63) is 40.4 Å². The van der Waals surface area contributed by atoms with Crippen molar-refractivity contribution in [3.63, 3.8) is 0 Å². The summed E-state index contributed by atoms with van der Waals surface area (Å²) in [6.45, 7) is 0. The number of hydrogen-bond donors (Lipinski definition) is 0. The minimum atomic E-state index is -0.226. The number of allylic oxidation sites excluding steroid dienone is 2. The molecule has 1 aromatic carbocycles. The van der Waals surface area contributed by atoms with E-state index in [0.717, 1.165) is 12.8 Å². The molecule has 2 fully saturated rings. The normalized spacial score (nSPS) is 33.7. The van der Waals surface area contributed by atoms with E-state index in [0.29, 0.717) is 15.7 Å². The summed E-state index contributed by atoms with van der Waals surface area (Å²) in [4.78, 5) is 26.8. The molecule has 0 radical (unpaired) electrons. The first-order chi connectivity index (χ1) is 10.1. The third-order valence-electron chi connectivity index (χ3n) is 4.91. The molecule has 1 saturated carbocycles. The molecule has 1 aromatic rings. The summed E-state index contributed by atoms with van der Waals surface area (Å²) in [5, 5.41) is 0.839. The van der Waals surface area contributed by atoms with E-state index in [9.17, 15) is 9.59 Å². The van der Waals surface area contributed by atoms with Gasteiger partial charge in [-0.2, -0.15) is 0 Å². The molecule has 1 aliphatic heterocycles. The van der Waals surface area contributed by atoms with Gasteiger partial charge in [0.2, 0.25) is 11.8 Å². The molecule has 0 spiro atoms. The number of anilines is 1. The second-order valence-corrected chi connectivity index (χ2v) is 6.79. The van der Waals surface area contributed by atoms with Crippen LogP contribution >= 0.6 is 23.2 Å². The van der Waals surface area contributed by atoms with Crippen LogP contribution in [-0.4, -0.2) is 11.8 Å². The fourth-order valence-electron chi connectivity index (χ4n) is 3.97. The van der Waals surface area contributed by atoms with Gasteiger partial charge in [0.25, 0.3) is 0 Å². The van der Waals surface area contributed by atoms with Gasteiger partial charge in [-0.1, -0.05) is 35.4 Å². The number of rotatable bonds is 1. The Hall–Kier alpha value is -1.32. The highest BCUT2D eigenvalue weighted by molar-refractivity contribution is 6.37. The van der Waals surface area contributed by atoms with Crippen molar-refractivity contribution in [2.24, 2.45) is 23.7 Å². The maximum atomic E-state index is 12.8. The average Bonchev–Trinajstić information content (AvgIpc) is 2.77. The smallest absolute Gasteiger partial charge is 0.238 e. The number of carbonyl (C=O) groups is 2. The van der Waals surface area contributed by atoms with Crippen LogP contribution in [-0.2, 0) is 9.59 Å². The van der Waals surface area contributed by atoms with E-state index in [1.807, 2.05) is 0 Å². The van der Waals surface area contributed by atoms with Crippen LogP contribution in [0.4, 0.5) is 5.69 Å². The quantitative estimate of drug-likeness (QED) is 0.584. The highest BCUT2D eigenvalue weighted by atomic mass is 35.5. The third-order valence-corrected chi connectivity index (χ3v) is 5.46. The van der Waals surface area contributed by atoms with Crippen molar-refractivity contribution in [2.45, 2.75) is 12.8 Å². The van der Waals surface area contributed by atoms with Crippen molar-refractivity contribution in [1.29, 1.82) is 0 Å². The van der Waals surface area contributed by atoms with Crippen molar-refractivity contribution in [1.82, 2.24) is 0 Å². The lowest BCUT2D eigenvalue weighted by Gasteiger charge is -2.38. The van der Waals surface area contributed by atoms with Crippen LogP contribution in [0.3, 0.4) is 0 Å². The summed E-state index contributed by atoms with van der Waals surface area (Å²) in [7, 11) is 0. The van der Waals surface area contributed by atoms with Crippen LogP contribution in [0.5, 0.6) is 0 Å². The Morgan fingerprint density at radius 1 is 0.952 bits per heavy atom. The molecule has 5 rings (SSSR count). The number of amides is 2. The molecule has 21 heavy (non-hydrogen) atoms. The molecule has 0 N–H and O–H groups in total. The van der Waals surface area contributed by atoms with E-state index in [4.69, 9.17) is 23.2 Å². The Morgan fingerprint density at radius 2 is 1.52 bits per heavy atom. The van der Waals surface area contributed by atoms with Gasteiger partial charge in [-0.15, -0.1) is 0 Å². The molecule has 4 aliphatic rings. The molecular weight excluding hydrogens is 309 g/mol. The number of imide groups is 1. The zero-order chi connectivity index (χ0) is 14.7. The molecule has 1 heterocycles. The predicted molar refractivity (Wildman–Crippen MR) is 81.3 cm³/mol. The van der Waals surface area contributed by atoms with Gasteiger partial charge in [-0.05, 0) is 42.9 Å². The summed E-state index contributed by atoms with van der Waals surface area (Å²) in [6, 6.07) is 4.86. The van der Waals surface area contributed by atoms with Gasteiger partial charge in [-0.3, -0.25) is 9.59 Å². The lowest BCUT2D eigenvalue weighted by atomic mass is 9.63. The predicted octanol–water partition coefficient (Wildman–Crippen LogP) is 3.70. The van der Waals surface area contributed by atoms with Crippen molar-refractivity contribution in [3.8, 4) is 0 Å². The fourth-order valence-corrected chi connectivity index (χ4v) is 4.34. The molecule has 1 saturated heterocycles. The topological polar surface area (TPSA) is 37.4 Å². The van der Waals surface area contributed by atoms with Crippen LogP contribution in [0, 0.1) is 23.7 Å². The average molecular weight is 322 g/mol. The number of benzene rings is 1. The monoisotopic (exact) mass is 321 g/mol. The number of fused-ring (bicyclic) bond motifs is 1. The van der Waals surface area contributed by atoms with E-state index in [2.05, 4.69) is 12.2 Å². The number of nitrogens with zero attached hydrogens (tertiary/aromatic N) is 1. The standard InChI is InChI=1S/C16H13Cl2NO2/c17-10-5-6-11(18)12(7-10)19-15(20)13-8-1-2-9(4-3-8)14(13)16(19)21/h1-2,5-9,13-14H,3-4H2/t8-,9-,13+,14+/m0/s1. The Balaban J connectivity index is 1.80. The first-order valence-corrected chi connectivity index (χ1v) is 7.84. The van der Waals surface area contributed by atoms with Gasteiger partial charge < -0.3 is 0 Å². The molecule has 3 nitrogen and oxygen atoms in total. The summed E-state index contributed by atoms with van der Waals surface area (Å²) >= 11 is 12.2. The van der Waals surface area contributed by atoms with Gasteiger partial charge in [0, 0.05) is 5.02 Å². The SMILES string of the molecule is O=C1[C@H]2[C@H](C(=O)N1c1cc(Cl)ccc1Cl)[C@H]1C=C[C@H]2CC1. The van der Waals surface area contributed by atoms with Gasteiger partial charge in [0.15, 0.2) is 0 Å². The van der Waals surface area contributed by atoms with Crippen LogP contribution in [0.1, 0.15) is 12.8 Å². The Bertz CT molecular complexity index is 653. The van der Waals surface area contributed by atoms with Crippen molar-refractivity contribution < 1.29 is 9.59 Å². The van der Waals surface area contributed by atoms with Crippen LogP contribution in [0.25, 0.3) is 0 Å². The van der Waals surface area contributed by atoms with E-state index in [1.54, 1.807) is 18.2 Å². The maximum Gasteiger partial charge on any atom is 0.238 e. The van der Waals surface area contributed by atoms with E-state index < -0.39 is 0 Å². The lowest BCUT2D eigenvalue weighted by Crippen LogP contribution is -2.38. The van der Waals surface area contributed by atoms with E-state index in [1.165, 1.54) is 4.90 Å². The Kier molecular flexibility index (Phi) is 2.92. The molecule has 5 heteroatoms. The van der Waals surface area contributed by atoms with Gasteiger partial charge >= 0.3 is 0 Å². The van der Waals surface area contributed by atoms with Crippen LogP contribution in [0.2, 0.25) is 10.0 Å². The minimum absolute atomic E-state index is 0.131. The van der Waals surface area contributed by atoms with E-state index >= 15 is 0 Å². The fraction of sp³-hybridized carbons (Fsp3) is 0.375. The van der Waals surface area contributed by atoms with Gasteiger partial charge in [-0.25, -0.2) is 4.90 Å².